The number of benzene rings is 2. The maximum Gasteiger partial charge on any atom is 0.246 e. The van der Waals surface area contributed by atoms with Gasteiger partial charge in [-0.25, -0.2) is 0 Å². The molecule has 1 aliphatic heterocycles. The average Bonchev–Trinajstić information content (AvgIpc) is 2.72. The van der Waals surface area contributed by atoms with Gasteiger partial charge < -0.3 is 9.64 Å². The molecule has 1 saturated heterocycles. The first-order valence-corrected chi connectivity index (χ1v) is 9.51. The van der Waals surface area contributed by atoms with Crippen molar-refractivity contribution in [2.75, 3.05) is 6.54 Å². The van der Waals surface area contributed by atoms with Gasteiger partial charge in [-0.15, -0.1) is 0 Å². The summed E-state index contributed by atoms with van der Waals surface area (Å²) in [5.41, 5.74) is 2.16. The van der Waals surface area contributed by atoms with E-state index in [1.807, 2.05) is 65.6 Å². The van der Waals surface area contributed by atoms with E-state index in [-0.39, 0.29) is 5.91 Å². The average molecular weight is 349 g/mol. The van der Waals surface area contributed by atoms with E-state index in [1.165, 1.54) is 6.42 Å². The zero-order valence-electron chi connectivity index (χ0n) is 15.4. The van der Waals surface area contributed by atoms with E-state index in [9.17, 15) is 4.79 Å². The van der Waals surface area contributed by atoms with Crippen molar-refractivity contribution in [1.82, 2.24) is 4.90 Å². The summed E-state index contributed by atoms with van der Waals surface area (Å²) in [4.78, 5) is 14.5. The molecule has 2 aromatic rings. The van der Waals surface area contributed by atoms with E-state index in [0.717, 1.165) is 42.7 Å². The molecular formula is C23H27NO2. The molecule has 3 nitrogen and oxygen atoms in total. The molecule has 1 amide bonds. The number of hydrogen-bond acceptors (Lipinski definition) is 2. The smallest absolute Gasteiger partial charge is 0.246 e. The van der Waals surface area contributed by atoms with Crippen LogP contribution < -0.4 is 4.74 Å². The van der Waals surface area contributed by atoms with Crippen molar-refractivity contribution in [3.63, 3.8) is 0 Å². The van der Waals surface area contributed by atoms with Crippen molar-refractivity contribution in [1.29, 1.82) is 0 Å². The second-order valence-electron chi connectivity index (χ2n) is 6.77. The Morgan fingerprint density at radius 1 is 1.12 bits per heavy atom. The Balaban J connectivity index is 1.54. The zero-order chi connectivity index (χ0) is 18.2. The third-order valence-electron chi connectivity index (χ3n) is 4.93. The van der Waals surface area contributed by atoms with Crippen LogP contribution in [0.4, 0.5) is 0 Å². The molecule has 1 aliphatic rings. The van der Waals surface area contributed by atoms with Gasteiger partial charge in [0.15, 0.2) is 0 Å². The maximum atomic E-state index is 12.5. The number of amides is 1. The molecule has 3 heteroatoms. The predicted molar refractivity (Wildman–Crippen MR) is 106 cm³/mol. The van der Waals surface area contributed by atoms with Gasteiger partial charge in [0.2, 0.25) is 5.91 Å². The van der Waals surface area contributed by atoms with Gasteiger partial charge >= 0.3 is 0 Å². The first-order chi connectivity index (χ1) is 12.8. The Labute approximate surface area is 156 Å². The Kier molecular flexibility index (Phi) is 6.48. The Bertz CT molecular complexity index is 722. The van der Waals surface area contributed by atoms with Crippen LogP contribution in [0.2, 0.25) is 0 Å². The molecule has 0 saturated carbocycles. The summed E-state index contributed by atoms with van der Waals surface area (Å²) in [6, 6.07) is 18.4. The molecule has 0 bridgehead atoms. The van der Waals surface area contributed by atoms with Gasteiger partial charge in [-0.05, 0) is 55.0 Å². The number of carbonyl (C=O) groups is 1. The number of hydrogen-bond donors (Lipinski definition) is 0. The molecule has 1 heterocycles. The van der Waals surface area contributed by atoms with Crippen molar-refractivity contribution < 1.29 is 9.53 Å². The summed E-state index contributed by atoms with van der Waals surface area (Å²) in [7, 11) is 0. The lowest BCUT2D eigenvalue weighted by Gasteiger charge is -2.34. The van der Waals surface area contributed by atoms with E-state index < -0.39 is 0 Å². The fourth-order valence-corrected chi connectivity index (χ4v) is 3.39. The number of rotatable bonds is 6. The lowest BCUT2D eigenvalue weighted by atomic mass is 10.00. The molecular weight excluding hydrogens is 322 g/mol. The minimum Gasteiger partial charge on any atom is -0.489 e. The van der Waals surface area contributed by atoms with Crippen LogP contribution in [0.1, 0.15) is 43.7 Å². The van der Waals surface area contributed by atoms with Crippen LogP contribution in [-0.2, 0) is 11.4 Å². The fourth-order valence-electron chi connectivity index (χ4n) is 3.39. The highest BCUT2D eigenvalue weighted by Crippen LogP contribution is 2.20. The zero-order valence-corrected chi connectivity index (χ0v) is 15.4. The van der Waals surface area contributed by atoms with Gasteiger partial charge in [0.1, 0.15) is 12.4 Å². The first-order valence-electron chi connectivity index (χ1n) is 9.51. The molecule has 3 rings (SSSR count). The largest absolute Gasteiger partial charge is 0.489 e. The maximum absolute atomic E-state index is 12.5. The molecule has 0 radical (unpaired) electrons. The minimum atomic E-state index is 0.126. The van der Waals surface area contributed by atoms with E-state index >= 15 is 0 Å². The van der Waals surface area contributed by atoms with Crippen LogP contribution in [0.5, 0.6) is 5.75 Å². The summed E-state index contributed by atoms with van der Waals surface area (Å²) >= 11 is 0. The van der Waals surface area contributed by atoms with Crippen molar-refractivity contribution >= 4 is 12.0 Å². The van der Waals surface area contributed by atoms with Crippen LogP contribution in [0.25, 0.3) is 6.08 Å². The highest BCUT2D eigenvalue weighted by molar-refractivity contribution is 5.92. The van der Waals surface area contributed by atoms with Gasteiger partial charge in [0, 0.05) is 18.7 Å². The highest BCUT2D eigenvalue weighted by atomic mass is 16.5. The number of carbonyl (C=O) groups excluding carboxylic acids is 1. The van der Waals surface area contributed by atoms with Gasteiger partial charge in [0.05, 0.1) is 0 Å². The molecule has 26 heavy (non-hydrogen) atoms. The monoisotopic (exact) mass is 349 g/mol. The van der Waals surface area contributed by atoms with E-state index in [4.69, 9.17) is 4.74 Å². The fraction of sp³-hybridized carbons (Fsp3) is 0.348. The van der Waals surface area contributed by atoms with Crippen LogP contribution in [0.15, 0.2) is 60.7 Å². The number of nitrogens with zero attached hydrogens (tertiary/aromatic N) is 1. The third-order valence-corrected chi connectivity index (χ3v) is 4.93. The molecule has 0 aliphatic carbocycles. The topological polar surface area (TPSA) is 29.5 Å². The molecule has 136 valence electrons. The number of likely N-dealkylation sites (tertiary alicyclic amines) is 1. The summed E-state index contributed by atoms with van der Waals surface area (Å²) in [6.07, 6.45) is 8.11. The van der Waals surface area contributed by atoms with Crippen LogP contribution in [0, 0.1) is 0 Å². The van der Waals surface area contributed by atoms with Crippen molar-refractivity contribution in [3.05, 3.63) is 71.8 Å². The van der Waals surface area contributed by atoms with Gasteiger partial charge in [-0.2, -0.15) is 0 Å². The molecule has 0 N–H and O–H groups in total. The normalized spacial score (nSPS) is 17.4. The molecule has 1 unspecified atom stereocenters. The summed E-state index contributed by atoms with van der Waals surface area (Å²) in [5.74, 6) is 0.959. The van der Waals surface area contributed by atoms with Gasteiger partial charge in [-0.3, -0.25) is 4.79 Å². The molecule has 2 aromatic carbocycles. The Morgan fingerprint density at radius 2 is 1.88 bits per heavy atom. The van der Waals surface area contributed by atoms with Crippen LogP contribution in [-0.4, -0.2) is 23.4 Å². The number of ether oxygens (including phenoxy) is 1. The van der Waals surface area contributed by atoms with Crippen molar-refractivity contribution in [2.45, 2.75) is 45.3 Å². The quantitative estimate of drug-likeness (QED) is 0.682. The summed E-state index contributed by atoms with van der Waals surface area (Å²) in [6.45, 7) is 3.60. The summed E-state index contributed by atoms with van der Waals surface area (Å²) < 4.78 is 5.80. The molecule has 1 fully saturated rings. The molecule has 0 spiro atoms. The standard InChI is InChI=1S/C23H27NO2/c1-2-21-10-6-7-17-24(21)23(25)16-13-19-11-14-22(15-12-19)26-18-20-8-4-3-5-9-20/h3-5,8-9,11-16,21H,2,6-7,10,17-18H2,1H3/b16-13+. The van der Waals surface area contributed by atoms with Crippen LogP contribution >= 0.6 is 0 Å². The summed E-state index contributed by atoms with van der Waals surface area (Å²) in [5, 5.41) is 0. The Morgan fingerprint density at radius 3 is 2.62 bits per heavy atom. The van der Waals surface area contributed by atoms with E-state index in [1.54, 1.807) is 6.08 Å². The van der Waals surface area contributed by atoms with E-state index in [0.29, 0.717) is 12.6 Å². The highest BCUT2D eigenvalue weighted by Gasteiger charge is 2.23. The predicted octanol–water partition coefficient (Wildman–Crippen LogP) is 5.07. The van der Waals surface area contributed by atoms with Crippen molar-refractivity contribution in [2.24, 2.45) is 0 Å². The SMILES string of the molecule is CCC1CCCCN1C(=O)/C=C/c1ccc(OCc2ccccc2)cc1. The Hall–Kier alpha value is -2.55. The lowest BCUT2D eigenvalue weighted by Crippen LogP contribution is -2.42. The van der Waals surface area contributed by atoms with Gasteiger partial charge in [-0.1, -0.05) is 49.4 Å². The molecule has 1 atom stereocenters. The van der Waals surface area contributed by atoms with Gasteiger partial charge in [0.25, 0.3) is 0 Å². The second kappa shape index (κ2) is 9.23. The third kappa shape index (κ3) is 4.98. The van der Waals surface area contributed by atoms with Crippen molar-refractivity contribution in [3.8, 4) is 5.75 Å². The van der Waals surface area contributed by atoms with E-state index in [2.05, 4.69) is 6.92 Å². The van der Waals surface area contributed by atoms with Crippen LogP contribution in [0.3, 0.4) is 0 Å². The first kappa shape index (κ1) is 18.2. The lowest BCUT2D eigenvalue weighted by molar-refractivity contribution is -0.129. The molecule has 0 aromatic heterocycles. The minimum absolute atomic E-state index is 0.126. The second-order valence-corrected chi connectivity index (χ2v) is 6.77. The number of piperidine rings is 1.